The summed E-state index contributed by atoms with van der Waals surface area (Å²) in [6.45, 7) is 4.71. The smallest absolute Gasteiger partial charge is 0.339 e. The van der Waals surface area contributed by atoms with Gasteiger partial charge in [0.1, 0.15) is 0 Å². The van der Waals surface area contributed by atoms with Gasteiger partial charge in [-0.15, -0.1) is 0 Å². The lowest BCUT2D eigenvalue weighted by Gasteiger charge is -2.48. The van der Waals surface area contributed by atoms with E-state index in [4.69, 9.17) is 0 Å². The summed E-state index contributed by atoms with van der Waals surface area (Å²) in [5.41, 5.74) is -1.74. The maximum absolute atomic E-state index is 13.8. The lowest BCUT2D eigenvalue weighted by atomic mass is 9.90. The number of rotatable bonds is 6. The zero-order valence-corrected chi connectivity index (χ0v) is 28.0. The SMILES string of the molecule is N#Cc1cccc(C(=O)N2CCC(N3CCN(C4CCN(C(=O)c5cc(C(F)(F)F)cc(C(F)(F)F)c5)C(Cc5ccccc5)C4)CC3)CC2)c1. The Morgan fingerprint density at radius 1 is 0.667 bits per heavy atom. The third kappa shape index (κ3) is 8.56. The van der Waals surface area contributed by atoms with Crippen molar-refractivity contribution in [1.29, 1.82) is 5.26 Å². The first-order chi connectivity index (χ1) is 24.3. The maximum Gasteiger partial charge on any atom is 0.416 e. The molecule has 3 aliphatic heterocycles. The predicted molar refractivity (Wildman–Crippen MR) is 178 cm³/mol. The minimum Gasteiger partial charge on any atom is -0.339 e. The first-order valence-corrected chi connectivity index (χ1v) is 17.2. The molecule has 3 aromatic carbocycles. The summed E-state index contributed by atoms with van der Waals surface area (Å²) in [5.74, 6) is -0.905. The number of nitrogens with zero attached hydrogens (tertiary/aromatic N) is 5. The van der Waals surface area contributed by atoms with Crippen molar-refractivity contribution in [2.24, 2.45) is 0 Å². The molecule has 2 amide bonds. The zero-order valence-electron chi connectivity index (χ0n) is 28.0. The number of nitriles is 1. The molecule has 2 atom stereocenters. The van der Waals surface area contributed by atoms with Crippen molar-refractivity contribution in [3.05, 3.63) is 106 Å². The van der Waals surface area contributed by atoms with Crippen LogP contribution in [0.25, 0.3) is 0 Å². The number of carbonyl (C=O) groups is 2. The van der Waals surface area contributed by atoms with E-state index in [2.05, 4.69) is 15.9 Å². The summed E-state index contributed by atoms with van der Waals surface area (Å²) in [6, 6.07) is 19.3. The molecule has 0 N–H and O–H groups in total. The van der Waals surface area contributed by atoms with Crippen molar-refractivity contribution < 1.29 is 35.9 Å². The Hall–Kier alpha value is -4.41. The number of hydrogen-bond donors (Lipinski definition) is 0. The van der Waals surface area contributed by atoms with Crippen molar-refractivity contribution in [1.82, 2.24) is 19.6 Å². The Morgan fingerprint density at radius 3 is 1.84 bits per heavy atom. The Bertz CT molecular complexity index is 1710. The van der Waals surface area contributed by atoms with Gasteiger partial charge in [-0.3, -0.25) is 19.4 Å². The normalized spacial score (nSPS) is 21.4. The largest absolute Gasteiger partial charge is 0.416 e. The molecule has 0 aromatic heterocycles. The molecule has 7 nitrogen and oxygen atoms in total. The van der Waals surface area contributed by atoms with Gasteiger partial charge in [-0.2, -0.15) is 31.6 Å². The third-order valence-corrected chi connectivity index (χ3v) is 10.5. The minimum atomic E-state index is -5.05. The zero-order chi connectivity index (χ0) is 36.3. The number of likely N-dealkylation sites (tertiary alicyclic amines) is 2. The molecule has 13 heteroatoms. The van der Waals surface area contributed by atoms with Gasteiger partial charge in [-0.1, -0.05) is 36.4 Å². The van der Waals surface area contributed by atoms with E-state index >= 15 is 0 Å². The number of halogens is 6. The molecule has 0 saturated carbocycles. The number of piperazine rings is 1. The summed E-state index contributed by atoms with van der Waals surface area (Å²) in [7, 11) is 0. The molecule has 6 rings (SSSR count). The molecular weight excluding hydrogens is 672 g/mol. The second-order valence-electron chi connectivity index (χ2n) is 13.6. The van der Waals surface area contributed by atoms with Crippen LogP contribution in [0.5, 0.6) is 0 Å². The highest BCUT2D eigenvalue weighted by Gasteiger charge is 2.40. The van der Waals surface area contributed by atoms with E-state index in [1.807, 2.05) is 35.2 Å². The molecule has 3 fully saturated rings. The summed E-state index contributed by atoms with van der Waals surface area (Å²) in [5, 5.41) is 9.18. The van der Waals surface area contributed by atoms with Crippen molar-refractivity contribution in [3.8, 4) is 6.07 Å². The van der Waals surface area contributed by atoms with Crippen LogP contribution in [0.4, 0.5) is 26.3 Å². The Kier molecular flexibility index (Phi) is 10.7. The fraction of sp³-hybridized carbons (Fsp3) is 0.447. The maximum atomic E-state index is 13.8. The number of piperidine rings is 2. The number of amides is 2. The van der Waals surface area contributed by atoms with E-state index in [1.54, 1.807) is 24.3 Å². The molecule has 0 bridgehead atoms. The van der Waals surface area contributed by atoms with E-state index in [-0.39, 0.29) is 24.6 Å². The molecule has 2 unspecified atom stereocenters. The van der Waals surface area contributed by atoms with Crippen LogP contribution < -0.4 is 0 Å². The Balaban J connectivity index is 1.10. The molecule has 0 radical (unpaired) electrons. The van der Waals surface area contributed by atoms with Gasteiger partial charge in [-0.05, 0) is 74.1 Å². The van der Waals surface area contributed by atoms with Crippen molar-refractivity contribution in [3.63, 3.8) is 0 Å². The summed E-state index contributed by atoms with van der Waals surface area (Å²) in [6.07, 6.45) is -6.89. The van der Waals surface area contributed by atoms with Gasteiger partial charge < -0.3 is 9.80 Å². The number of carbonyl (C=O) groups excluding carboxylic acids is 2. The quantitative estimate of drug-likeness (QED) is 0.265. The Morgan fingerprint density at radius 2 is 1.25 bits per heavy atom. The molecule has 3 aliphatic rings. The van der Waals surface area contributed by atoms with E-state index in [1.165, 1.54) is 4.90 Å². The van der Waals surface area contributed by atoms with Crippen LogP contribution in [-0.4, -0.2) is 95.4 Å². The molecule has 3 saturated heterocycles. The van der Waals surface area contributed by atoms with E-state index in [0.29, 0.717) is 61.7 Å². The fourth-order valence-corrected chi connectivity index (χ4v) is 7.76. The van der Waals surface area contributed by atoms with Crippen molar-refractivity contribution >= 4 is 11.8 Å². The molecule has 51 heavy (non-hydrogen) atoms. The second kappa shape index (κ2) is 15.1. The first kappa shape index (κ1) is 36.4. The molecule has 3 heterocycles. The van der Waals surface area contributed by atoms with Crippen molar-refractivity contribution in [2.75, 3.05) is 45.8 Å². The summed E-state index contributed by atoms with van der Waals surface area (Å²) in [4.78, 5) is 35.0. The van der Waals surface area contributed by atoms with E-state index < -0.39 is 41.0 Å². The molecule has 3 aromatic rings. The van der Waals surface area contributed by atoms with Crippen molar-refractivity contribution in [2.45, 2.75) is 62.6 Å². The second-order valence-corrected chi connectivity index (χ2v) is 13.6. The van der Waals surface area contributed by atoms with Gasteiger partial charge in [0.05, 0.1) is 22.8 Å². The summed E-state index contributed by atoms with van der Waals surface area (Å²) >= 11 is 0. The van der Waals surface area contributed by atoms with Gasteiger partial charge in [0.25, 0.3) is 11.8 Å². The number of alkyl halides is 6. The van der Waals surface area contributed by atoms with Gasteiger partial charge in [0.15, 0.2) is 0 Å². The highest BCUT2D eigenvalue weighted by molar-refractivity contribution is 5.95. The summed E-state index contributed by atoms with van der Waals surface area (Å²) < 4.78 is 81.7. The molecule has 270 valence electrons. The van der Waals surface area contributed by atoms with Crippen LogP contribution in [0, 0.1) is 11.3 Å². The average molecular weight is 712 g/mol. The molecular formula is C38H39F6N5O2. The lowest BCUT2D eigenvalue weighted by Crippen LogP contribution is -2.58. The van der Waals surface area contributed by atoms with Gasteiger partial charge in [0.2, 0.25) is 0 Å². The highest BCUT2D eigenvalue weighted by Crippen LogP contribution is 2.37. The molecule has 0 spiro atoms. The predicted octanol–water partition coefficient (Wildman–Crippen LogP) is 6.73. The number of benzene rings is 3. The average Bonchev–Trinajstić information content (AvgIpc) is 3.14. The van der Waals surface area contributed by atoms with Crippen LogP contribution in [0.2, 0.25) is 0 Å². The van der Waals surface area contributed by atoms with Gasteiger partial charge >= 0.3 is 12.4 Å². The van der Waals surface area contributed by atoms with Gasteiger partial charge in [0, 0.05) is 75.1 Å². The fourth-order valence-electron chi connectivity index (χ4n) is 7.76. The monoisotopic (exact) mass is 711 g/mol. The van der Waals surface area contributed by atoms with Crippen LogP contribution in [0.3, 0.4) is 0 Å². The Labute approximate surface area is 293 Å². The van der Waals surface area contributed by atoms with Crippen LogP contribution in [-0.2, 0) is 18.8 Å². The standard InChI is InChI=1S/C38H39F6N5O2/c39-37(40,41)30-21-29(22-31(23-30)38(42,43)44)36(51)49-14-11-33(24-34(49)20-26-5-2-1-3-6-26)47-17-15-46(16-18-47)32-9-12-48(13-10-32)35(50)28-8-4-7-27(19-28)25-45/h1-8,19,21-23,32-34H,9-18,20,24H2. The van der Waals surface area contributed by atoms with Gasteiger partial charge in [-0.25, -0.2) is 0 Å². The van der Waals surface area contributed by atoms with E-state index in [0.717, 1.165) is 44.6 Å². The minimum absolute atomic E-state index is 0.0454. The number of hydrogen-bond acceptors (Lipinski definition) is 5. The highest BCUT2D eigenvalue weighted by atomic mass is 19.4. The van der Waals surface area contributed by atoms with E-state index in [9.17, 15) is 41.2 Å². The lowest BCUT2D eigenvalue weighted by molar-refractivity contribution is -0.143. The first-order valence-electron chi connectivity index (χ1n) is 17.2. The van der Waals surface area contributed by atoms with Crippen LogP contribution in [0.1, 0.15) is 68.7 Å². The third-order valence-electron chi connectivity index (χ3n) is 10.5. The van der Waals surface area contributed by atoms with Crippen LogP contribution >= 0.6 is 0 Å². The molecule has 0 aliphatic carbocycles. The topological polar surface area (TPSA) is 70.9 Å². The van der Waals surface area contributed by atoms with Crippen LogP contribution in [0.15, 0.2) is 72.8 Å².